The number of methoxy groups -OCH3 is 1. The van der Waals surface area contributed by atoms with E-state index in [2.05, 4.69) is 24.1 Å². The van der Waals surface area contributed by atoms with E-state index in [4.69, 9.17) is 24.5 Å². The summed E-state index contributed by atoms with van der Waals surface area (Å²) in [5.74, 6) is -2.93. The normalized spacial score (nSPS) is 14.8. The first-order valence-corrected chi connectivity index (χ1v) is 8.77. The van der Waals surface area contributed by atoms with Gasteiger partial charge in [-0.1, -0.05) is 6.07 Å². The number of carbonyl (C=O) groups excluding carboxylic acids is 1. The van der Waals surface area contributed by atoms with Gasteiger partial charge >= 0.3 is 11.9 Å². The molecule has 3 N–H and O–H groups in total. The molecule has 0 radical (unpaired) electrons. The van der Waals surface area contributed by atoms with Crippen LogP contribution in [0.25, 0.3) is 0 Å². The Labute approximate surface area is 159 Å². The van der Waals surface area contributed by atoms with Crippen LogP contribution in [0.5, 0.6) is 0 Å². The van der Waals surface area contributed by atoms with Crippen molar-refractivity contribution in [1.82, 2.24) is 4.90 Å². The Balaban J connectivity index is 0.000000527. The molecule has 1 heterocycles. The highest BCUT2D eigenvalue weighted by Crippen LogP contribution is 2.18. The Morgan fingerprint density at radius 1 is 1.11 bits per heavy atom. The molecule has 0 spiro atoms. The lowest BCUT2D eigenvalue weighted by Gasteiger charge is -2.31. The number of benzene rings is 1. The molecule has 0 aliphatic carbocycles. The topological polar surface area (TPSA) is 116 Å². The molecule has 1 aromatic carbocycles. The number of likely N-dealkylation sites (tertiary alicyclic amines) is 1. The number of piperidine rings is 1. The summed E-state index contributed by atoms with van der Waals surface area (Å²) >= 11 is 0. The summed E-state index contributed by atoms with van der Waals surface area (Å²) in [5, 5.41) is 17.8. The van der Waals surface area contributed by atoms with Crippen molar-refractivity contribution in [2.45, 2.75) is 26.7 Å². The fourth-order valence-electron chi connectivity index (χ4n) is 2.77. The average Bonchev–Trinajstić information content (AvgIpc) is 2.60. The van der Waals surface area contributed by atoms with Crippen molar-refractivity contribution in [3.63, 3.8) is 0 Å². The highest BCUT2D eigenvalue weighted by molar-refractivity contribution is 6.27. The molecule has 0 unspecified atom stereocenters. The van der Waals surface area contributed by atoms with Gasteiger partial charge in [-0.3, -0.25) is 9.69 Å². The minimum atomic E-state index is -1.82. The van der Waals surface area contributed by atoms with Crippen LogP contribution < -0.4 is 5.32 Å². The number of hydrogen-bond acceptors (Lipinski definition) is 5. The molecule has 0 atom stereocenters. The van der Waals surface area contributed by atoms with E-state index in [-0.39, 0.29) is 5.91 Å². The van der Waals surface area contributed by atoms with Crippen LogP contribution in [0, 0.1) is 19.8 Å². The molecule has 1 aliphatic rings. The second kappa shape index (κ2) is 11.3. The van der Waals surface area contributed by atoms with Gasteiger partial charge in [0, 0.05) is 19.4 Å². The summed E-state index contributed by atoms with van der Waals surface area (Å²) in [6, 6.07) is 6.03. The van der Waals surface area contributed by atoms with Crippen molar-refractivity contribution in [2.24, 2.45) is 5.92 Å². The zero-order valence-electron chi connectivity index (χ0n) is 16.0. The average molecular weight is 380 g/mol. The van der Waals surface area contributed by atoms with E-state index < -0.39 is 11.9 Å². The quantitative estimate of drug-likeness (QED) is 0.667. The Hall–Kier alpha value is -2.45. The highest BCUT2D eigenvalue weighted by atomic mass is 16.5. The number of carbonyl (C=O) groups is 3. The third-order valence-electron chi connectivity index (χ3n) is 4.45. The second-order valence-corrected chi connectivity index (χ2v) is 6.63. The summed E-state index contributed by atoms with van der Waals surface area (Å²) in [7, 11) is 1.75. The van der Waals surface area contributed by atoms with E-state index in [1.807, 2.05) is 18.2 Å². The number of ether oxygens (including phenoxy) is 1. The molecule has 0 aromatic heterocycles. The zero-order valence-corrected chi connectivity index (χ0v) is 16.0. The molecule has 1 fully saturated rings. The number of amides is 1. The SMILES string of the molecule is COCC1CCN(CC(=O)Nc2ccc(C)c(C)c2)CC1.O=C(O)C(=O)O. The molecule has 27 heavy (non-hydrogen) atoms. The third-order valence-corrected chi connectivity index (χ3v) is 4.45. The lowest BCUT2D eigenvalue weighted by molar-refractivity contribution is -0.159. The van der Waals surface area contributed by atoms with Gasteiger partial charge in [-0.2, -0.15) is 0 Å². The van der Waals surface area contributed by atoms with Gasteiger partial charge in [0.1, 0.15) is 0 Å². The molecular weight excluding hydrogens is 352 g/mol. The predicted molar refractivity (Wildman–Crippen MR) is 101 cm³/mol. The maximum atomic E-state index is 12.1. The van der Waals surface area contributed by atoms with E-state index in [0.29, 0.717) is 12.5 Å². The monoisotopic (exact) mass is 380 g/mol. The van der Waals surface area contributed by atoms with E-state index in [1.165, 1.54) is 11.1 Å². The van der Waals surface area contributed by atoms with Crippen molar-refractivity contribution in [3.8, 4) is 0 Å². The van der Waals surface area contributed by atoms with Gasteiger partial charge in [0.2, 0.25) is 5.91 Å². The molecule has 0 bridgehead atoms. The first kappa shape index (κ1) is 22.6. The fourth-order valence-corrected chi connectivity index (χ4v) is 2.77. The van der Waals surface area contributed by atoms with Gasteiger partial charge in [-0.15, -0.1) is 0 Å². The summed E-state index contributed by atoms with van der Waals surface area (Å²) in [5.41, 5.74) is 3.33. The number of rotatable bonds is 5. The lowest BCUT2D eigenvalue weighted by atomic mass is 9.98. The van der Waals surface area contributed by atoms with Gasteiger partial charge in [-0.25, -0.2) is 9.59 Å². The largest absolute Gasteiger partial charge is 0.473 e. The Kier molecular flexibility index (Phi) is 9.46. The molecule has 150 valence electrons. The van der Waals surface area contributed by atoms with Crippen LogP contribution >= 0.6 is 0 Å². The van der Waals surface area contributed by atoms with Gasteiger partial charge in [0.15, 0.2) is 0 Å². The Morgan fingerprint density at radius 3 is 2.19 bits per heavy atom. The third kappa shape index (κ3) is 8.65. The van der Waals surface area contributed by atoms with Crippen LogP contribution in [0.4, 0.5) is 5.69 Å². The maximum absolute atomic E-state index is 12.1. The predicted octanol–water partition coefficient (Wildman–Crippen LogP) is 1.76. The Morgan fingerprint density at radius 2 is 1.70 bits per heavy atom. The number of nitrogens with zero attached hydrogens (tertiary/aromatic N) is 1. The zero-order chi connectivity index (χ0) is 20.4. The molecule has 2 rings (SSSR count). The van der Waals surface area contributed by atoms with Crippen molar-refractivity contribution in [1.29, 1.82) is 0 Å². The van der Waals surface area contributed by atoms with Crippen LogP contribution in [0.15, 0.2) is 18.2 Å². The van der Waals surface area contributed by atoms with Crippen molar-refractivity contribution in [2.75, 3.05) is 38.7 Å². The van der Waals surface area contributed by atoms with E-state index in [9.17, 15) is 4.79 Å². The molecule has 1 aromatic rings. The first-order valence-electron chi connectivity index (χ1n) is 8.77. The second-order valence-electron chi connectivity index (χ2n) is 6.63. The number of nitrogens with one attached hydrogen (secondary N) is 1. The van der Waals surface area contributed by atoms with E-state index >= 15 is 0 Å². The molecule has 1 saturated heterocycles. The Bertz CT molecular complexity index is 642. The van der Waals surface area contributed by atoms with Gasteiger partial charge in [0.25, 0.3) is 0 Å². The number of anilines is 1. The summed E-state index contributed by atoms with van der Waals surface area (Å²) in [6.07, 6.45) is 2.23. The van der Waals surface area contributed by atoms with Gasteiger partial charge in [-0.05, 0) is 69.0 Å². The van der Waals surface area contributed by atoms with Crippen LogP contribution in [-0.2, 0) is 19.1 Å². The molecular formula is C19H28N2O6. The standard InChI is InChI=1S/C17H26N2O2.C2H2O4/c1-13-4-5-16(10-14(13)2)18-17(20)11-19-8-6-15(7-9-19)12-21-3;3-1(4)2(5)6/h4-5,10,15H,6-9,11-12H2,1-3H3,(H,18,20);(H,3,4)(H,5,6). The summed E-state index contributed by atoms with van der Waals surface area (Å²) in [6.45, 7) is 7.41. The highest BCUT2D eigenvalue weighted by Gasteiger charge is 2.20. The fraction of sp³-hybridized carbons (Fsp3) is 0.526. The van der Waals surface area contributed by atoms with Crippen LogP contribution in [-0.4, -0.2) is 66.3 Å². The minimum Gasteiger partial charge on any atom is -0.473 e. The maximum Gasteiger partial charge on any atom is 0.414 e. The molecule has 8 nitrogen and oxygen atoms in total. The lowest BCUT2D eigenvalue weighted by Crippen LogP contribution is -2.40. The smallest absolute Gasteiger partial charge is 0.414 e. The van der Waals surface area contributed by atoms with Gasteiger partial charge < -0.3 is 20.3 Å². The molecule has 1 aliphatic heterocycles. The minimum absolute atomic E-state index is 0.0726. The number of carboxylic acid groups (broad SMARTS) is 2. The van der Waals surface area contributed by atoms with Crippen molar-refractivity contribution >= 4 is 23.5 Å². The van der Waals surface area contributed by atoms with Gasteiger partial charge in [0.05, 0.1) is 6.54 Å². The van der Waals surface area contributed by atoms with Crippen LogP contribution in [0.2, 0.25) is 0 Å². The van der Waals surface area contributed by atoms with E-state index in [1.54, 1.807) is 7.11 Å². The van der Waals surface area contributed by atoms with Crippen molar-refractivity contribution in [3.05, 3.63) is 29.3 Å². The molecule has 8 heteroatoms. The van der Waals surface area contributed by atoms with Crippen molar-refractivity contribution < 1.29 is 29.3 Å². The summed E-state index contributed by atoms with van der Waals surface area (Å²) in [4.78, 5) is 32.5. The van der Waals surface area contributed by atoms with Crippen LogP contribution in [0.3, 0.4) is 0 Å². The number of carboxylic acids is 2. The van der Waals surface area contributed by atoms with Crippen LogP contribution in [0.1, 0.15) is 24.0 Å². The summed E-state index contributed by atoms with van der Waals surface area (Å²) < 4.78 is 5.20. The number of aryl methyl sites for hydroxylation is 2. The number of aliphatic carboxylic acids is 2. The molecule has 1 amide bonds. The van der Waals surface area contributed by atoms with E-state index in [0.717, 1.165) is 38.2 Å². The number of hydrogen-bond donors (Lipinski definition) is 3. The first-order chi connectivity index (χ1) is 12.7. The molecule has 0 saturated carbocycles.